The Kier molecular flexibility index (Phi) is 3.77. The van der Waals surface area contributed by atoms with Crippen LogP contribution in [0.3, 0.4) is 0 Å². The number of nitrogens with one attached hydrogen (secondary N) is 1. The number of anilines is 1. The van der Waals surface area contributed by atoms with Crippen LogP contribution in [0.5, 0.6) is 0 Å². The van der Waals surface area contributed by atoms with Gasteiger partial charge in [-0.2, -0.15) is 0 Å². The zero-order chi connectivity index (χ0) is 9.64. The summed E-state index contributed by atoms with van der Waals surface area (Å²) >= 11 is 1.64. The molecule has 2 rings (SSSR count). The first-order valence-corrected chi connectivity index (χ1v) is 6.04. The van der Waals surface area contributed by atoms with Crippen molar-refractivity contribution < 1.29 is 4.74 Å². The standard InChI is InChI=1S/C10H16N2OS/c1(6-13-8-9-2-3-9)4-11-10-12-5-7-14-10/h5,7,9H,1-4,6,8H2,(H,11,12). The summed E-state index contributed by atoms with van der Waals surface area (Å²) in [5.74, 6) is 0.877. The molecular weight excluding hydrogens is 196 g/mol. The fourth-order valence-electron chi connectivity index (χ4n) is 1.21. The highest BCUT2D eigenvalue weighted by atomic mass is 32.1. The van der Waals surface area contributed by atoms with Crippen molar-refractivity contribution in [2.75, 3.05) is 25.1 Å². The molecule has 1 saturated carbocycles. The minimum atomic E-state index is 0.870. The van der Waals surface area contributed by atoms with Crippen LogP contribution in [0.15, 0.2) is 11.6 Å². The van der Waals surface area contributed by atoms with E-state index < -0.39 is 0 Å². The lowest BCUT2D eigenvalue weighted by molar-refractivity contribution is 0.124. The Morgan fingerprint density at radius 2 is 2.50 bits per heavy atom. The predicted molar refractivity (Wildman–Crippen MR) is 58.8 cm³/mol. The molecule has 3 nitrogen and oxygen atoms in total. The zero-order valence-corrected chi connectivity index (χ0v) is 9.05. The number of hydrogen-bond acceptors (Lipinski definition) is 4. The van der Waals surface area contributed by atoms with Crippen LogP contribution in [-0.4, -0.2) is 24.7 Å². The Hall–Kier alpha value is -0.610. The molecule has 0 aromatic carbocycles. The fourth-order valence-corrected chi connectivity index (χ4v) is 1.77. The number of rotatable bonds is 7. The van der Waals surface area contributed by atoms with Crippen LogP contribution in [0.4, 0.5) is 5.13 Å². The third kappa shape index (κ3) is 3.64. The van der Waals surface area contributed by atoms with Gasteiger partial charge in [-0.1, -0.05) is 0 Å². The number of thiazole rings is 1. The van der Waals surface area contributed by atoms with Gasteiger partial charge in [-0.15, -0.1) is 11.3 Å². The third-order valence-corrected chi connectivity index (χ3v) is 2.96. The van der Waals surface area contributed by atoms with E-state index in [9.17, 15) is 0 Å². The van der Waals surface area contributed by atoms with E-state index in [2.05, 4.69) is 10.3 Å². The predicted octanol–water partition coefficient (Wildman–Crippen LogP) is 2.37. The quantitative estimate of drug-likeness (QED) is 0.705. The van der Waals surface area contributed by atoms with Crippen molar-refractivity contribution in [3.05, 3.63) is 11.6 Å². The van der Waals surface area contributed by atoms with E-state index >= 15 is 0 Å². The van der Waals surface area contributed by atoms with E-state index in [-0.39, 0.29) is 0 Å². The van der Waals surface area contributed by atoms with Crippen LogP contribution < -0.4 is 5.32 Å². The molecule has 0 unspecified atom stereocenters. The summed E-state index contributed by atoms with van der Waals surface area (Å²) in [6, 6.07) is 0. The van der Waals surface area contributed by atoms with Crippen molar-refractivity contribution in [1.29, 1.82) is 0 Å². The van der Waals surface area contributed by atoms with Gasteiger partial charge in [0, 0.05) is 31.3 Å². The summed E-state index contributed by atoms with van der Waals surface area (Å²) < 4.78 is 5.52. The average Bonchev–Trinajstić information content (AvgIpc) is 2.87. The lowest BCUT2D eigenvalue weighted by Gasteiger charge is -2.03. The second kappa shape index (κ2) is 5.32. The molecule has 0 radical (unpaired) electrons. The molecule has 1 heterocycles. The number of ether oxygens (including phenoxy) is 1. The first-order valence-electron chi connectivity index (χ1n) is 5.16. The van der Waals surface area contributed by atoms with Gasteiger partial charge in [0.05, 0.1) is 0 Å². The third-order valence-electron chi connectivity index (χ3n) is 2.22. The second-order valence-corrected chi connectivity index (χ2v) is 4.53. The molecule has 0 saturated heterocycles. The van der Waals surface area contributed by atoms with Crippen LogP contribution in [0.25, 0.3) is 0 Å². The Bertz CT molecular complexity index is 247. The van der Waals surface area contributed by atoms with E-state index in [1.807, 2.05) is 11.6 Å². The Labute approximate surface area is 88.5 Å². The van der Waals surface area contributed by atoms with Crippen LogP contribution in [0, 0.1) is 5.92 Å². The lowest BCUT2D eigenvalue weighted by atomic mass is 10.4. The van der Waals surface area contributed by atoms with Crippen LogP contribution in [0.1, 0.15) is 19.3 Å². The summed E-state index contributed by atoms with van der Waals surface area (Å²) in [7, 11) is 0. The first kappa shape index (κ1) is 9.93. The van der Waals surface area contributed by atoms with Gasteiger partial charge < -0.3 is 10.1 Å². The zero-order valence-electron chi connectivity index (χ0n) is 8.24. The molecule has 0 spiro atoms. The Morgan fingerprint density at radius 1 is 1.57 bits per heavy atom. The maximum absolute atomic E-state index is 5.52. The first-order chi connectivity index (χ1) is 6.95. The highest BCUT2D eigenvalue weighted by molar-refractivity contribution is 7.13. The molecule has 0 amide bonds. The second-order valence-electron chi connectivity index (χ2n) is 3.64. The van der Waals surface area contributed by atoms with Gasteiger partial charge in [-0.3, -0.25) is 0 Å². The normalized spacial score (nSPS) is 15.7. The topological polar surface area (TPSA) is 34.1 Å². The van der Waals surface area contributed by atoms with Gasteiger partial charge >= 0.3 is 0 Å². The molecule has 0 aliphatic heterocycles. The summed E-state index contributed by atoms with van der Waals surface area (Å²) in [5.41, 5.74) is 0. The molecule has 4 heteroatoms. The monoisotopic (exact) mass is 212 g/mol. The summed E-state index contributed by atoms with van der Waals surface area (Å²) in [5, 5.41) is 6.24. The average molecular weight is 212 g/mol. The molecule has 78 valence electrons. The van der Waals surface area contributed by atoms with Crippen LogP contribution in [0.2, 0.25) is 0 Å². The smallest absolute Gasteiger partial charge is 0.182 e. The molecule has 1 fully saturated rings. The van der Waals surface area contributed by atoms with Crippen molar-refractivity contribution in [2.24, 2.45) is 5.92 Å². The minimum Gasteiger partial charge on any atom is -0.381 e. The van der Waals surface area contributed by atoms with Crippen molar-refractivity contribution in [3.63, 3.8) is 0 Å². The Balaban J connectivity index is 1.43. The fraction of sp³-hybridized carbons (Fsp3) is 0.700. The maximum Gasteiger partial charge on any atom is 0.182 e. The molecule has 0 atom stereocenters. The number of nitrogens with zero attached hydrogens (tertiary/aromatic N) is 1. The molecule has 1 aromatic rings. The van der Waals surface area contributed by atoms with Crippen molar-refractivity contribution in [1.82, 2.24) is 4.98 Å². The van der Waals surface area contributed by atoms with E-state index in [1.54, 1.807) is 11.3 Å². The SMILES string of the molecule is c1csc(NCCCOCC2CC2)n1. The molecular formula is C10H16N2OS. The maximum atomic E-state index is 5.52. The van der Waals surface area contributed by atoms with Gasteiger partial charge in [0.1, 0.15) is 0 Å². The van der Waals surface area contributed by atoms with Crippen LogP contribution >= 0.6 is 11.3 Å². The lowest BCUT2D eigenvalue weighted by Crippen LogP contribution is -2.06. The molecule has 0 bridgehead atoms. The minimum absolute atomic E-state index is 0.870. The summed E-state index contributed by atoms with van der Waals surface area (Å²) in [6.45, 7) is 2.80. The van der Waals surface area contributed by atoms with E-state index in [4.69, 9.17) is 4.74 Å². The van der Waals surface area contributed by atoms with Gasteiger partial charge in [-0.25, -0.2) is 4.98 Å². The van der Waals surface area contributed by atoms with Gasteiger partial charge in [-0.05, 0) is 25.2 Å². The van der Waals surface area contributed by atoms with Gasteiger partial charge in [0.15, 0.2) is 5.13 Å². The van der Waals surface area contributed by atoms with E-state index in [0.717, 1.165) is 37.2 Å². The van der Waals surface area contributed by atoms with Crippen molar-refractivity contribution in [3.8, 4) is 0 Å². The summed E-state index contributed by atoms with van der Waals surface area (Å²) in [4.78, 5) is 4.14. The van der Waals surface area contributed by atoms with Gasteiger partial charge in [0.25, 0.3) is 0 Å². The molecule has 1 aliphatic rings. The van der Waals surface area contributed by atoms with Crippen LogP contribution in [-0.2, 0) is 4.74 Å². The molecule has 1 N–H and O–H groups in total. The van der Waals surface area contributed by atoms with Gasteiger partial charge in [0.2, 0.25) is 0 Å². The molecule has 1 aromatic heterocycles. The highest BCUT2D eigenvalue weighted by Gasteiger charge is 2.20. The Morgan fingerprint density at radius 3 is 3.21 bits per heavy atom. The molecule has 14 heavy (non-hydrogen) atoms. The number of aromatic nitrogens is 1. The van der Waals surface area contributed by atoms with E-state index in [0.29, 0.717) is 0 Å². The van der Waals surface area contributed by atoms with Crippen molar-refractivity contribution >= 4 is 16.5 Å². The highest BCUT2D eigenvalue weighted by Crippen LogP contribution is 2.28. The van der Waals surface area contributed by atoms with Crippen molar-refractivity contribution in [2.45, 2.75) is 19.3 Å². The summed E-state index contributed by atoms with van der Waals surface area (Å²) in [6.07, 6.45) is 5.62. The largest absolute Gasteiger partial charge is 0.381 e. The number of hydrogen-bond donors (Lipinski definition) is 1. The van der Waals surface area contributed by atoms with E-state index in [1.165, 1.54) is 12.8 Å². The molecule has 1 aliphatic carbocycles.